The van der Waals surface area contributed by atoms with Gasteiger partial charge in [0.15, 0.2) is 0 Å². The Labute approximate surface area is 212 Å². The van der Waals surface area contributed by atoms with E-state index in [0.29, 0.717) is 35.4 Å². The Kier molecular flexibility index (Phi) is 8.08. The van der Waals surface area contributed by atoms with E-state index in [1.807, 2.05) is 35.2 Å². The molecule has 178 valence electrons. The van der Waals surface area contributed by atoms with Crippen LogP contribution in [0.25, 0.3) is 0 Å². The van der Waals surface area contributed by atoms with E-state index in [9.17, 15) is 9.59 Å². The van der Waals surface area contributed by atoms with Crippen molar-refractivity contribution in [3.63, 3.8) is 0 Å². The van der Waals surface area contributed by atoms with Gasteiger partial charge in [-0.05, 0) is 54.7 Å². The summed E-state index contributed by atoms with van der Waals surface area (Å²) in [5.74, 6) is -0.244. The first-order valence-corrected chi connectivity index (χ1v) is 12.6. The van der Waals surface area contributed by atoms with Crippen LogP contribution in [0.4, 0.5) is 0 Å². The maximum absolute atomic E-state index is 13.1. The van der Waals surface area contributed by atoms with Crippen molar-refractivity contribution >= 4 is 46.4 Å². The predicted molar refractivity (Wildman–Crippen MR) is 133 cm³/mol. The van der Waals surface area contributed by atoms with Gasteiger partial charge in [-0.1, -0.05) is 41.4 Å². The Morgan fingerprint density at radius 1 is 1.15 bits per heavy atom. The van der Waals surface area contributed by atoms with E-state index in [4.69, 9.17) is 33.0 Å². The third-order valence-electron chi connectivity index (χ3n) is 5.67. The molecule has 1 unspecified atom stereocenters. The number of amides is 1. The molecule has 6 nitrogen and oxygen atoms in total. The summed E-state index contributed by atoms with van der Waals surface area (Å²) in [6.45, 7) is 1.05. The second-order valence-electron chi connectivity index (χ2n) is 8.16. The first-order valence-electron chi connectivity index (χ1n) is 11.0. The molecule has 1 aliphatic rings. The number of aromatic nitrogens is 1. The Balaban J connectivity index is 1.36. The number of aliphatic carboxylic acids is 1. The van der Waals surface area contributed by atoms with Crippen LogP contribution in [0.2, 0.25) is 10.0 Å². The molecule has 0 radical (unpaired) electrons. The number of likely N-dealkylation sites (tertiary alicyclic amines) is 1. The highest BCUT2D eigenvalue weighted by Crippen LogP contribution is 2.35. The molecule has 1 aromatic heterocycles. The minimum atomic E-state index is -0.826. The largest absolute Gasteiger partial charge is 0.487 e. The van der Waals surface area contributed by atoms with E-state index < -0.39 is 5.97 Å². The number of carbonyl (C=O) groups excluding carboxylic acids is 1. The Morgan fingerprint density at radius 2 is 1.91 bits per heavy atom. The number of hydrogen-bond acceptors (Lipinski definition) is 5. The van der Waals surface area contributed by atoms with Crippen molar-refractivity contribution in [2.24, 2.45) is 0 Å². The molecule has 1 N–H and O–H groups in total. The second-order valence-corrected chi connectivity index (χ2v) is 10.2. The average Bonchev–Trinajstić information content (AvgIpc) is 3.48. The quantitative estimate of drug-likeness (QED) is 0.378. The van der Waals surface area contributed by atoms with Gasteiger partial charge in [0, 0.05) is 22.6 Å². The van der Waals surface area contributed by atoms with E-state index in [1.165, 1.54) is 11.3 Å². The highest BCUT2D eigenvalue weighted by Gasteiger charge is 2.32. The van der Waals surface area contributed by atoms with Crippen molar-refractivity contribution in [2.75, 3.05) is 6.54 Å². The zero-order valence-corrected chi connectivity index (χ0v) is 20.7. The number of benzene rings is 2. The summed E-state index contributed by atoms with van der Waals surface area (Å²) in [4.78, 5) is 31.2. The predicted octanol–water partition coefficient (Wildman–Crippen LogP) is 5.95. The topological polar surface area (TPSA) is 79.7 Å². The molecule has 0 spiro atoms. The Morgan fingerprint density at radius 3 is 2.65 bits per heavy atom. The lowest BCUT2D eigenvalue weighted by molar-refractivity contribution is -0.137. The molecular weight excluding hydrogens is 495 g/mol. The van der Waals surface area contributed by atoms with Gasteiger partial charge in [-0.3, -0.25) is 9.59 Å². The summed E-state index contributed by atoms with van der Waals surface area (Å²) in [6.07, 6.45) is 4.28. The van der Waals surface area contributed by atoms with Crippen molar-refractivity contribution in [2.45, 2.75) is 44.8 Å². The Bertz CT molecular complexity index is 1170. The molecular formula is C25H24Cl2N2O4S. The fraction of sp³-hybridized carbons (Fsp3) is 0.320. The number of nitrogens with zero attached hydrogens (tertiary/aromatic N) is 2. The third-order valence-corrected chi connectivity index (χ3v) is 7.38. The molecule has 4 rings (SSSR count). The number of rotatable bonds is 9. The minimum absolute atomic E-state index is 0.0238. The van der Waals surface area contributed by atoms with Crippen LogP contribution in [0, 0.1) is 0 Å². The highest BCUT2D eigenvalue weighted by molar-refractivity contribution is 7.11. The maximum Gasteiger partial charge on any atom is 0.303 e. The fourth-order valence-electron chi connectivity index (χ4n) is 3.93. The van der Waals surface area contributed by atoms with Gasteiger partial charge in [0.1, 0.15) is 17.4 Å². The molecule has 34 heavy (non-hydrogen) atoms. The minimum Gasteiger partial charge on any atom is -0.487 e. The van der Waals surface area contributed by atoms with Crippen LogP contribution in [0.1, 0.15) is 46.3 Å². The van der Waals surface area contributed by atoms with Crippen LogP contribution in [0.5, 0.6) is 5.75 Å². The SMILES string of the molecule is O=C(O)CCc1cnc(C2CCCN2C(=O)Cc2ccc(OCc3ccc(Cl)cc3)c(Cl)c2)s1. The van der Waals surface area contributed by atoms with Crippen LogP contribution in [0.15, 0.2) is 48.7 Å². The monoisotopic (exact) mass is 518 g/mol. The van der Waals surface area contributed by atoms with Gasteiger partial charge in [-0.15, -0.1) is 11.3 Å². The van der Waals surface area contributed by atoms with E-state index >= 15 is 0 Å². The Hall–Kier alpha value is -2.61. The summed E-state index contributed by atoms with van der Waals surface area (Å²) < 4.78 is 5.82. The number of thiazole rings is 1. The van der Waals surface area contributed by atoms with Crippen LogP contribution in [-0.2, 0) is 29.0 Å². The van der Waals surface area contributed by atoms with Gasteiger partial charge < -0.3 is 14.7 Å². The lowest BCUT2D eigenvalue weighted by Gasteiger charge is -2.23. The summed E-state index contributed by atoms with van der Waals surface area (Å²) >= 11 is 13.8. The number of aryl methyl sites for hydroxylation is 1. The molecule has 0 bridgehead atoms. The van der Waals surface area contributed by atoms with Crippen molar-refractivity contribution in [3.8, 4) is 5.75 Å². The number of hydrogen-bond donors (Lipinski definition) is 1. The van der Waals surface area contributed by atoms with Crippen LogP contribution in [-0.4, -0.2) is 33.4 Å². The number of halogens is 2. The number of carbonyl (C=O) groups is 2. The van der Waals surface area contributed by atoms with Crippen molar-refractivity contribution in [3.05, 3.63) is 79.7 Å². The van der Waals surface area contributed by atoms with Crippen molar-refractivity contribution in [1.82, 2.24) is 9.88 Å². The number of carboxylic acids is 1. The second kappa shape index (κ2) is 11.2. The molecule has 3 aromatic rings. The van der Waals surface area contributed by atoms with Crippen LogP contribution < -0.4 is 4.74 Å². The van der Waals surface area contributed by atoms with E-state index in [2.05, 4.69) is 4.98 Å². The molecule has 1 atom stereocenters. The normalized spacial score (nSPS) is 15.5. The van der Waals surface area contributed by atoms with E-state index in [1.54, 1.807) is 18.3 Å². The number of ether oxygens (including phenoxy) is 1. The van der Waals surface area contributed by atoms with Gasteiger partial charge >= 0.3 is 5.97 Å². The maximum atomic E-state index is 13.1. The number of carboxylic acid groups (broad SMARTS) is 1. The molecule has 9 heteroatoms. The summed E-state index contributed by atoms with van der Waals surface area (Å²) in [6, 6.07) is 12.8. The van der Waals surface area contributed by atoms with E-state index in [-0.39, 0.29) is 24.8 Å². The summed E-state index contributed by atoms with van der Waals surface area (Å²) in [5, 5.41) is 10.9. The lowest BCUT2D eigenvalue weighted by atomic mass is 10.1. The molecule has 0 aliphatic carbocycles. The highest BCUT2D eigenvalue weighted by atomic mass is 35.5. The molecule has 0 saturated carbocycles. The molecule has 1 aliphatic heterocycles. The van der Waals surface area contributed by atoms with Gasteiger partial charge in [0.25, 0.3) is 0 Å². The zero-order valence-electron chi connectivity index (χ0n) is 18.4. The molecule has 1 fully saturated rings. The third kappa shape index (κ3) is 6.29. The summed E-state index contributed by atoms with van der Waals surface area (Å²) in [5.41, 5.74) is 1.80. The molecule has 2 aromatic carbocycles. The lowest BCUT2D eigenvalue weighted by Crippen LogP contribution is -2.31. The van der Waals surface area contributed by atoms with E-state index in [0.717, 1.165) is 33.9 Å². The standard InChI is InChI=1S/C25H24Cl2N2O4S/c26-18-6-3-16(4-7-18)15-33-22-9-5-17(12-20(22)27)13-23(30)29-11-1-2-21(29)25-28-14-19(34-25)8-10-24(31)32/h3-7,9,12,14,21H,1-2,8,10-11,13,15H2,(H,31,32). The average molecular weight is 519 g/mol. The molecule has 2 heterocycles. The molecule has 1 amide bonds. The first-order chi connectivity index (χ1) is 16.4. The molecule has 1 saturated heterocycles. The van der Waals surface area contributed by atoms with Gasteiger partial charge in [-0.25, -0.2) is 4.98 Å². The zero-order chi connectivity index (χ0) is 24.1. The van der Waals surface area contributed by atoms with Crippen molar-refractivity contribution in [1.29, 1.82) is 0 Å². The smallest absolute Gasteiger partial charge is 0.303 e. The first kappa shape index (κ1) is 24.5. The van der Waals surface area contributed by atoms with Crippen LogP contribution in [0.3, 0.4) is 0 Å². The van der Waals surface area contributed by atoms with Crippen molar-refractivity contribution < 1.29 is 19.4 Å². The fourth-order valence-corrected chi connectivity index (χ4v) is 5.38. The van der Waals surface area contributed by atoms with Crippen LogP contribution >= 0.6 is 34.5 Å². The van der Waals surface area contributed by atoms with Gasteiger partial charge in [0.2, 0.25) is 5.91 Å². The summed E-state index contributed by atoms with van der Waals surface area (Å²) in [7, 11) is 0. The van der Waals surface area contributed by atoms with Gasteiger partial charge in [0.05, 0.1) is 23.9 Å². The van der Waals surface area contributed by atoms with Gasteiger partial charge in [-0.2, -0.15) is 0 Å².